The Kier molecular flexibility index (Phi) is 12.6. The number of carbonyl (C=O) groups is 3. The lowest BCUT2D eigenvalue weighted by Gasteiger charge is -2.32. The molecule has 2 aliphatic rings. The Balaban J connectivity index is 0.000000404. The van der Waals surface area contributed by atoms with Gasteiger partial charge in [-0.05, 0) is 85.5 Å². The van der Waals surface area contributed by atoms with Gasteiger partial charge in [0.05, 0.1) is 30.4 Å². The molecule has 4 heterocycles. The normalized spacial score (nSPS) is 14.4. The summed E-state index contributed by atoms with van der Waals surface area (Å²) in [7, 11) is 0. The Bertz CT molecular complexity index is 1970. The molecule has 11 nitrogen and oxygen atoms in total. The fourth-order valence-corrected chi connectivity index (χ4v) is 5.66. The number of likely N-dealkylation sites (tertiary alicyclic amines) is 1. The second-order valence-electron chi connectivity index (χ2n) is 12.2. The van der Waals surface area contributed by atoms with E-state index in [9.17, 15) is 45.1 Å². The average molecular weight is 782 g/mol. The van der Waals surface area contributed by atoms with Crippen molar-refractivity contribution in [2.75, 3.05) is 35.6 Å². The number of rotatable bonds is 6. The van der Waals surface area contributed by atoms with Crippen LogP contribution in [-0.2, 0) is 22.4 Å². The zero-order valence-electron chi connectivity index (χ0n) is 28.0. The van der Waals surface area contributed by atoms with Crippen LogP contribution in [0.25, 0.3) is 0 Å². The first-order valence-electron chi connectivity index (χ1n) is 16.4. The van der Waals surface area contributed by atoms with Crippen LogP contribution in [0.2, 0.25) is 5.02 Å². The first-order valence-corrected chi connectivity index (χ1v) is 16.7. The Hall–Kier alpha value is -5.52. The number of amides is 2. The number of hydrogen-bond donors (Lipinski definition) is 3. The van der Waals surface area contributed by atoms with Crippen LogP contribution in [0.5, 0.6) is 5.75 Å². The van der Waals surface area contributed by atoms with Crippen LogP contribution in [0.3, 0.4) is 0 Å². The van der Waals surface area contributed by atoms with E-state index in [0.717, 1.165) is 60.4 Å². The van der Waals surface area contributed by atoms with Crippen molar-refractivity contribution in [3.8, 4) is 5.75 Å². The van der Waals surface area contributed by atoms with Gasteiger partial charge >= 0.3 is 30.0 Å². The molecule has 6 rings (SSSR count). The molecule has 0 aliphatic carbocycles. The minimum absolute atomic E-state index is 0.202. The van der Waals surface area contributed by atoms with Crippen molar-refractivity contribution in [1.82, 2.24) is 19.9 Å². The van der Waals surface area contributed by atoms with Gasteiger partial charge < -0.3 is 25.6 Å². The van der Waals surface area contributed by atoms with Crippen LogP contribution < -0.4 is 20.7 Å². The number of fused-ring (bicyclic) bond motifs is 6. The van der Waals surface area contributed by atoms with Crippen molar-refractivity contribution in [3.05, 3.63) is 89.1 Å². The number of hydrogen-bond acceptors (Lipinski definition) is 9. The first-order chi connectivity index (χ1) is 25.6. The van der Waals surface area contributed by atoms with Crippen LogP contribution in [0.4, 0.5) is 64.4 Å². The molecule has 2 aliphatic heterocycles. The zero-order chi connectivity index (χ0) is 39.0. The first kappa shape index (κ1) is 39.7. The number of urea groups is 1. The van der Waals surface area contributed by atoms with Gasteiger partial charge in [-0.2, -0.15) is 31.3 Å². The summed E-state index contributed by atoms with van der Waals surface area (Å²) >= 11 is 6.38. The van der Waals surface area contributed by atoms with Crippen molar-refractivity contribution >= 4 is 58.0 Å². The van der Waals surface area contributed by atoms with E-state index in [4.69, 9.17) is 16.3 Å². The Labute approximate surface area is 308 Å². The van der Waals surface area contributed by atoms with E-state index in [0.29, 0.717) is 42.4 Å². The number of ether oxygens (including phenoxy) is 1. The molecule has 3 N–H and O–H groups in total. The van der Waals surface area contributed by atoms with E-state index in [1.807, 2.05) is 24.4 Å². The molecule has 286 valence electrons. The SMILES string of the molecule is O=C(C(=O)C(F)(F)F)C(F)(F)F.O=C(Nc1ccccc1F)N1CCC(CCOc2ccc3cc2CCc2cncc(c2)Nc2ncc(Cl)c(n2)N3)CC1. The van der Waals surface area contributed by atoms with Gasteiger partial charge in [0.1, 0.15) is 16.6 Å². The molecule has 54 heavy (non-hydrogen) atoms. The molecule has 1 fully saturated rings. The van der Waals surface area contributed by atoms with Gasteiger partial charge in [-0.1, -0.05) is 23.7 Å². The number of nitrogens with zero attached hydrogens (tertiary/aromatic N) is 4. The Morgan fingerprint density at radius 1 is 0.889 bits per heavy atom. The summed E-state index contributed by atoms with van der Waals surface area (Å²) < 4.78 is 87.2. The van der Waals surface area contributed by atoms with Gasteiger partial charge in [-0.15, -0.1) is 0 Å². The maximum Gasteiger partial charge on any atom is 0.458 e. The van der Waals surface area contributed by atoms with Gasteiger partial charge in [-0.25, -0.2) is 14.2 Å². The molecule has 0 spiro atoms. The molecule has 1 saturated heterocycles. The predicted molar refractivity (Wildman–Crippen MR) is 184 cm³/mol. The highest BCUT2D eigenvalue weighted by atomic mass is 35.5. The number of ketones is 2. The fourth-order valence-electron chi connectivity index (χ4n) is 5.52. The highest BCUT2D eigenvalue weighted by Crippen LogP contribution is 2.31. The number of anilines is 5. The quantitative estimate of drug-likeness (QED) is 0.131. The molecule has 0 unspecified atom stereocenters. The van der Waals surface area contributed by atoms with Crippen LogP contribution >= 0.6 is 11.6 Å². The summed E-state index contributed by atoms with van der Waals surface area (Å²) in [5, 5.41) is 9.61. The molecule has 2 amide bonds. The molecule has 6 bridgehead atoms. The molecule has 0 saturated carbocycles. The van der Waals surface area contributed by atoms with Gasteiger partial charge in [0.25, 0.3) is 0 Å². The van der Waals surface area contributed by atoms with Gasteiger partial charge in [0, 0.05) is 25.0 Å². The van der Waals surface area contributed by atoms with Crippen LogP contribution in [0, 0.1) is 11.7 Å². The number of benzene rings is 2. The van der Waals surface area contributed by atoms with Crippen molar-refractivity contribution in [2.45, 2.75) is 44.5 Å². The maximum absolute atomic E-state index is 13.9. The van der Waals surface area contributed by atoms with E-state index in [-0.39, 0.29) is 11.7 Å². The monoisotopic (exact) mass is 781 g/mol. The minimum atomic E-state index is -5.77. The third kappa shape index (κ3) is 10.8. The number of Topliss-reactive ketones (excluding diaryl/α,β-unsaturated/α-hetero) is 2. The summed E-state index contributed by atoms with van der Waals surface area (Å²) in [6.07, 6.45) is -2.18. The second kappa shape index (κ2) is 17.1. The lowest BCUT2D eigenvalue weighted by molar-refractivity contribution is -0.193. The molecule has 0 radical (unpaired) electrons. The van der Waals surface area contributed by atoms with Crippen LogP contribution in [0.15, 0.2) is 67.1 Å². The molecular formula is C35H31ClF7N7O4. The van der Waals surface area contributed by atoms with Gasteiger partial charge in [0.15, 0.2) is 5.82 Å². The highest BCUT2D eigenvalue weighted by Gasteiger charge is 2.54. The summed E-state index contributed by atoms with van der Waals surface area (Å²) in [5.41, 5.74) is 4.02. The Morgan fingerprint density at radius 3 is 2.28 bits per heavy atom. The molecule has 0 atom stereocenters. The van der Waals surface area contributed by atoms with Crippen LogP contribution in [-0.4, -0.2) is 69.5 Å². The van der Waals surface area contributed by atoms with E-state index in [1.165, 1.54) is 6.07 Å². The summed E-state index contributed by atoms with van der Waals surface area (Å²) in [6, 6.07) is 14.0. The smallest absolute Gasteiger partial charge is 0.458 e. The van der Waals surface area contributed by atoms with E-state index in [2.05, 4.69) is 37.0 Å². The fraction of sp³-hybridized carbons (Fsp3) is 0.314. The summed E-state index contributed by atoms with van der Waals surface area (Å²) in [4.78, 5) is 46.8. The topological polar surface area (TPSA) is 138 Å². The minimum Gasteiger partial charge on any atom is -0.493 e. The van der Waals surface area contributed by atoms with Crippen molar-refractivity contribution in [1.29, 1.82) is 0 Å². The number of aryl methyl sites for hydroxylation is 2. The molecule has 2 aromatic heterocycles. The molecule has 2 aromatic carbocycles. The van der Waals surface area contributed by atoms with Crippen molar-refractivity contribution < 1.29 is 49.9 Å². The van der Waals surface area contributed by atoms with E-state index >= 15 is 0 Å². The number of halogens is 8. The zero-order valence-corrected chi connectivity index (χ0v) is 28.8. The van der Waals surface area contributed by atoms with Gasteiger partial charge in [-0.3, -0.25) is 14.6 Å². The Morgan fingerprint density at radius 2 is 1.59 bits per heavy atom. The highest BCUT2D eigenvalue weighted by molar-refractivity contribution is 6.41. The lowest BCUT2D eigenvalue weighted by atomic mass is 9.94. The molecular weight excluding hydrogens is 751 g/mol. The summed E-state index contributed by atoms with van der Waals surface area (Å²) in [5.74, 6) is -5.03. The lowest BCUT2D eigenvalue weighted by Crippen LogP contribution is -2.41. The standard InChI is InChI=1S/C31H31ClFN7O2.C4F6O2/c32-25-19-35-30-37-24-15-21(17-34-18-24)5-6-22-16-23(36-29(25)39-30)7-8-28(22)42-14-11-20-9-12-40(13-10-20)31(41)38-27-4-2-1-3-26(27)33;5-3(6,7)1(11)2(12)4(8,9)10/h1-4,7-8,15-20H,5-6,9-14H2,(H,38,41)(H2,35,36,37,39);. The number of para-hydroxylation sites is 1. The van der Waals surface area contributed by atoms with Crippen molar-refractivity contribution in [2.24, 2.45) is 5.92 Å². The number of alkyl halides is 6. The number of pyridine rings is 1. The van der Waals surface area contributed by atoms with E-state index < -0.39 is 29.7 Å². The number of piperidine rings is 1. The number of nitrogens with one attached hydrogen (secondary N) is 3. The van der Waals surface area contributed by atoms with Crippen LogP contribution in [0.1, 0.15) is 30.4 Å². The third-order valence-electron chi connectivity index (χ3n) is 8.32. The maximum atomic E-state index is 13.9. The summed E-state index contributed by atoms with van der Waals surface area (Å²) in [6.45, 7) is 1.84. The van der Waals surface area contributed by atoms with E-state index in [1.54, 1.807) is 35.5 Å². The number of carbonyl (C=O) groups excluding carboxylic acids is 3. The van der Waals surface area contributed by atoms with Gasteiger partial charge in [0.2, 0.25) is 5.95 Å². The third-order valence-corrected chi connectivity index (χ3v) is 8.60. The molecule has 4 aromatic rings. The average Bonchev–Trinajstić information content (AvgIpc) is 3.13. The predicted octanol–water partition coefficient (Wildman–Crippen LogP) is 8.21. The van der Waals surface area contributed by atoms with Crippen molar-refractivity contribution in [3.63, 3.8) is 0 Å². The number of aromatic nitrogens is 3. The largest absolute Gasteiger partial charge is 0.493 e. The molecule has 19 heteroatoms. The second-order valence-corrected chi connectivity index (χ2v) is 12.6.